The predicted octanol–water partition coefficient (Wildman–Crippen LogP) is 1.56. The minimum absolute atomic E-state index is 0.175. The zero-order valence-corrected chi connectivity index (χ0v) is 14.0. The van der Waals surface area contributed by atoms with Crippen LogP contribution in [0, 0.1) is 0 Å². The monoisotopic (exact) mass is 331 g/mol. The molecule has 1 aromatic rings. The van der Waals surface area contributed by atoms with E-state index in [0.717, 1.165) is 18.7 Å². The third-order valence-corrected chi connectivity index (χ3v) is 4.65. The summed E-state index contributed by atoms with van der Waals surface area (Å²) < 4.78 is 5.35. The average molecular weight is 331 g/mol. The highest BCUT2D eigenvalue weighted by Crippen LogP contribution is 2.10. The zero-order valence-electron chi connectivity index (χ0n) is 14.0. The Labute approximate surface area is 143 Å². The van der Waals surface area contributed by atoms with Gasteiger partial charge in [-0.2, -0.15) is 0 Å². The molecule has 0 aromatic heterocycles. The van der Waals surface area contributed by atoms with Crippen molar-refractivity contribution < 1.29 is 14.3 Å². The summed E-state index contributed by atoms with van der Waals surface area (Å²) in [6, 6.07) is 9.65. The van der Waals surface area contributed by atoms with Gasteiger partial charge in [0.25, 0.3) is 0 Å². The molecule has 2 aliphatic rings. The summed E-state index contributed by atoms with van der Waals surface area (Å²) in [4.78, 5) is 30.2. The number of carbonyl (C=O) groups is 2. The first kappa shape index (κ1) is 16.8. The molecule has 0 bridgehead atoms. The summed E-state index contributed by atoms with van der Waals surface area (Å²) in [5.41, 5.74) is 0.977. The van der Waals surface area contributed by atoms with Gasteiger partial charge in [-0.25, -0.2) is 4.79 Å². The van der Waals surface area contributed by atoms with E-state index in [1.165, 1.54) is 12.8 Å². The van der Waals surface area contributed by atoms with Crippen molar-refractivity contribution in [3.8, 4) is 0 Å². The normalized spacial score (nSPS) is 18.7. The highest BCUT2D eigenvalue weighted by Gasteiger charge is 2.26. The van der Waals surface area contributed by atoms with E-state index in [4.69, 9.17) is 4.74 Å². The molecule has 2 aliphatic heterocycles. The van der Waals surface area contributed by atoms with Crippen LogP contribution in [0.15, 0.2) is 30.3 Å². The van der Waals surface area contributed by atoms with E-state index in [0.29, 0.717) is 32.7 Å². The lowest BCUT2D eigenvalue weighted by Gasteiger charge is -2.34. The number of ether oxygens (including phenoxy) is 1. The maximum absolute atomic E-state index is 12.3. The van der Waals surface area contributed by atoms with Gasteiger partial charge in [0, 0.05) is 26.2 Å². The number of piperazine rings is 1. The molecule has 0 aliphatic carbocycles. The van der Waals surface area contributed by atoms with Gasteiger partial charge in [0.2, 0.25) is 5.91 Å². The lowest BCUT2D eigenvalue weighted by atomic mass is 10.2. The second-order valence-electron chi connectivity index (χ2n) is 6.39. The van der Waals surface area contributed by atoms with E-state index in [1.54, 1.807) is 4.90 Å². The standard InChI is InChI=1S/C18H25N3O3/c22-17(14-19-8-4-5-9-19)20-10-12-21(13-11-20)18(23)24-15-16-6-2-1-3-7-16/h1-3,6-7H,4-5,8-15H2. The number of rotatable bonds is 4. The van der Waals surface area contributed by atoms with Gasteiger partial charge in [0.15, 0.2) is 0 Å². The van der Waals surface area contributed by atoms with Crippen LogP contribution in [0.3, 0.4) is 0 Å². The van der Waals surface area contributed by atoms with Crippen molar-refractivity contribution in [3.63, 3.8) is 0 Å². The number of hydrogen-bond acceptors (Lipinski definition) is 4. The molecular weight excluding hydrogens is 306 g/mol. The molecule has 2 saturated heterocycles. The lowest BCUT2D eigenvalue weighted by Crippen LogP contribution is -2.52. The minimum atomic E-state index is -0.300. The molecule has 1 aromatic carbocycles. The van der Waals surface area contributed by atoms with E-state index < -0.39 is 0 Å². The van der Waals surface area contributed by atoms with Gasteiger partial charge in [-0.05, 0) is 31.5 Å². The third-order valence-electron chi connectivity index (χ3n) is 4.65. The number of carbonyl (C=O) groups excluding carboxylic acids is 2. The van der Waals surface area contributed by atoms with Crippen molar-refractivity contribution >= 4 is 12.0 Å². The van der Waals surface area contributed by atoms with Gasteiger partial charge in [0.05, 0.1) is 6.54 Å². The minimum Gasteiger partial charge on any atom is -0.445 e. The number of benzene rings is 1. The van der Waals surface area contributed by atoms with Gasteiger partial charge in [-0.15, -0.1) is 0 Å². The molecule has 3 rings (SSSR count). The number of hydrogen-bond donors (Lipinski definition) is 0. The van der Waals surface area contributed by atoms with Gasteiger partial charge >= 0.3 is 6.09 Å². The van der Waals surface area contributed by atoms with Crippen LogP contribution in [0.5, 0.6) is 0 Å². The number of nitrogens with zero attached hydrogens (tertiary/aromatic N) is 3. The fourth-order valence-electron chi connectivity index (χ4n) is 3.18. The Kier molecular flexibility index (Phi) is 5.69. The Bertz CT molecular complexity index is 550. The first-order valence-corrected chi connectivity index (χ1v) is 8.68. The van der Waals surface area contributed by atoms with Crippen LogP contribution in [0.1, 0.15) is 18.4 Å². The SMILES string of the molecule is O=C(CN1CCCC1)N1CCN(C(=O)OCc2ccccc2)CC1. The summed E-state index contributed by atoms with van der Waals surface area (Å²) in [6.45, 7) is 5.11. The van der Waals surface area contributed by atoms with Crippen LogP contribution < -0.4 is 0 Å². The molecule has 2 amide bonds. The maximum Gasteiger partial charge on any atom is 0.410 e. The molecule has 0 radical (unpaired) electrons. The Balaban J connectivity index is 1.39. The van der Waals surface area contributed by atoms with Crippen molar-refractivity contribution in [3.05, 3.63) is 35.9 Å². The van der Waals surface area contributed by atoms with Gasteiger partial charge in [-0.1, -0.05) is 30.3 Å². The summed E-state index contributed by atoms with van der Waals surface area (Å²) >= 11 is 0. The molecule has 2 fully saturated rings. The van der Waals surface area contributed by atoms with E-state index >= 15 is 0 Å². The quantitative estimate of drug-likeness (QED) is 0.840. The van der Waals surface area contributed by atoms with Crippen LogP contribution >= 0.6 is 0 Å². The summed E-state index contributed by atoms with van der Waals surface area (Å²) in [7, 11) is 0. The third kappa shape index (κ3) is 4.47. The summed E-state index contributed by atoms with van der Waals surface area (Å²) in [6.07, 6.45) is 2.08. The molecule has 0 N–H and O–H groups in total. The van der Waals surface area contributed by atoms with E-state index in [2.05, 4.69) is 4.90 Å². The Morgan fingerprint density at radius 1 is 0.875 bits per heavy atom. The highest BCUT2D eigenvalue weighted by atomic mass is 16.6. The first-order valence-electron chi connectivity index (χ1n) is 8.68. The second-order valence-corrected chi connectivity index (χ2v) is 6.39. The van der Waals surface area contributed by atoms with Crippen molar-refractivity contribution in [2.45, 2.75) is 19.4 Å². The predicted molar refractivity (Wildman–Crippen MR) is 90.5 cm³/mol. The molecule has 6 heteroatoms. The van der Waals surface area contributed by atoms with Gasteiger partial charge in [-0.3, -0.25) is 9.69 Å². The van der Waals surface area contributed by atoms with Crippen molar-refractivity contribution in [1.82, 2.24) is 14.7 Å². The first-order chi connectivity index (χ1) is 11.7. The highest BCUT2D eigenvalue weighted by molar-refractivity contribution is 5.78. The van der Waals surface area contributed by atoms with Crippen molar-refractivity contribution in [2.75, 3.05) is 45.8 Å². The molecule has 6 nitrogen and oxygen atoms in total. The van der Waals surface area contributed by atoms with Crippen LogP contribution in [0.25, 0.3) is 0 Å². The maximum atomic E-state index is 12.3. The Hall–Kier alpha value is -2.08. The molecule has 130 valence electrons. The van der Waals surface area contributed by atoms with Crippen molar-refractivity contribution in [2.24, 2.45) is 0 Å². The summed E-state index contributed by atoms with van der Waals surface area (Å²) in [5.74, 6) is 0.175. The van der Waals surface area contributed by atoms with Crippen LogP contribution in [0.2, 0.25) is 0 Å². The Morgan fingerprint density at radius 2 is 1.50 bits per heavy atom. The second kappa shape index (κ2) is 8.15. The Morgan fingerprint density at radius 3 is 2.17 bits per heavy atom. The van der Waals surface area contributed by atoms with E-state index in [9.17, 15) is 9.59 Å². The smallest absolute Gasteiger partial charge is 0.410 e. The fraction of sp³-hybridized carbons (Fsp3) is 0.556. The topological polar surface area (TPSA) is 53.1 Å². The van der Waals surface area contributed by atoms with E-state index in [1.807, 2.05) is 35.2 Å². The van der Waals surface area contributed by atoms with Gasteiger partial charge in [0.1, 0.15) is 6.61 Å². The van der Waals surface area contributed by atoms with Crippen LogP contribution in [0.4, 0.5) is 4.79 Å². The van der Waals surface area contributed by atoms with Crippen LogP contribution in [-0.4, -0.2) is 72.5 Å². The molecule has 0 unspecified atom stereocenters. The lowest BCUT2D eigenvalue weighted by molar-refractivity contribution is -0.133. The van der Waals surface area contributed by atoms with E-state index in [-0.39, 0.29) is 18.6 Å². The molecule has 0 spiro atoms. The van der Waals surface area contributed by atoms with Crippen LogP contribution in [-0.2, 0) is 16.1 Å². The molecule has 2 heterocycles. The largest absolute Gasteiger partial charge is 0.445 e. The number of likely N-dealkylation sites (tertiary alicyclic amines) is 1. The van der Waals surface area contributed by atoms with Gasteiger partial charge < -0.3 is 14.5 Å². The molecule has 0 atom stereocenters. The zero-order chi connectivity index (χ0) is 16.8. The molecular formula is C18H25N3O3. The molecule has 0 saturated carbocycles. The average Bonchev–Trinajstić information content (AvgIpc) is 3.13. The van der Waals surface area contributed by atoms with Crippen molar-refractivity contribution in [1.29, 1.82) is 0 Å². The molecule has 24 heavy (non-hydrogen) atoms. The fourth-order valence-corrected chi connectivity index (χ4v) is 3.18. The summed E-state index contributed by atoms with van der Waals surface area (Å²) in [5, 5.41) is 0. The number of amides is 2.